The van der Waals surface area contributed by atoms with Gasteiger partial charge in [-0.3, -0.25) is 4.98 Å². The number of fused-ring (bicyclic) bond motifs is 5. The lowest BCUT2D eigenvalue weighted by atomic mass is 10.1. The standard InChI is InChI=1S/C21H22N4O2S/c1-12(2)10-11-27-14-8-6-13(7-9-14)18-22-19-17-15-4-3-5-16(15)28-20(17)23-21(26)25(19)24-18/h6-9,12H,3-5,10-11H2,1-2H3,(H,23,26). The van der Waals surface area contributed by atoms with E-state index in [2.05, 4.69) is 23.9 Å². The third-order valence-electron chi connectivity index (χ3n) is 5.24. The van der Waals surface area contributed by atoms with Crippen LogP contribution >= 0.6 is 11.3 Å². The molecule has 1 aliphatic carbocycles. The number of hydrogen-bond acceptors (Lipinski definition) is 5. The fourth-order valence-corrected chi connectivity index (χ4v) is 5.00. The minimum Gasteiger partial charge on any atom is -0.494 e. The third kappa shape index (κ3) is 2.90. The molecule has 5 rings (SSSR count). The molecule has 0 unspecified atom stereocenters. The molecule has 0 bridgehead atoms. The molecule has 0 saturated carbocycles. The molecule has 0 atom stereocenters. The second-order valence-corrected chi connectivity index (χ2v) is 8.82. The van der Waals surface area contributed by atoms with Gasteiger partial charge in [0.25, 0.3) is 0 Å². The minimum atomic E-state index is -0.241. The molecular formula is C21H22N4O2S. The zero-order chi connectivity index (χ0) is 19.3. The summed E-state index contributed by atoms with van der Waals surface area (Å²) in [5.74, 6) is 2.02. The van der Waals surface area contributed by atoms with Crippen LogP contribution in [0, 0.1) is 5.92 Å². The molecule has 144 valence electrons. The number of benzene rings is 1. The summed E-state index contributed by atoms with van der Waals surface area (Å²) in [6.07, 6.45) is 4.32. The number of rotatable bonds is 5. The van der Waals surface area contributed by atoms with Gasteiger partial charge in [0.2, 0.25) is 0 Å². The van der Waals surface area contributed by atoms with Crippen molar-refractivity contribution < 1.29 is 4.74 Å². The van der Waals surface area contributed by atoms with E-state index >= 15 is 0 Å². The van der Waals surface area contributed by atoms with Gasteiger partial charge in [0, 0.05) is 10.4 Å². The van der Waals surface area contributed by atoms with Crippen molar-refractivity contribution in [1.82, 2.24) is 19.6 Å². The number of ether oxygens (including phenoxy) is 1. The van der Waals surface area contributed by atoms with E-state index in [1.54, 1.807) is 11.3 Å². The smallest absolute Gasteiger partial charge is 0.349 e. The van der Waals surface area contributed by atoms with Gasteiger partial charge in [0.15, 0.2) is 11.5 Å². The molecule has 1 aliphatic rings. The molecule has 0 amide bonds. The van der Waals surface area contributed by atoms with Crippen molar-refractivity contribution in [3.05, 3.63) is 45.2 Å². The number of aromatic nitrogens is 4. The van der Waals surface area contributed by atoms with E-state index in [1.807, 2.05) is 24.3 Å². The van der Waals surface area contributed by atoms with Crippen molar-refractivity contribution in [2.75, 3.05) is 6.61 Å². The van der Waals surface area contributed by atoms with Gasteiger partial charge in [-0.2, -0.15) is 4.52 Å². The predicted molar refractivity (Wildman–Crippen MR) is 111 cm³/mol. The van der Waals surface area contributed by atoms with Crippen molar-refractivity contribution in [3.8, 4) is 17.1 Å². The Morgan fingerprint density at radius 3 is 2.86 bits per heavy atom. The number of H-pyrrole nitrogens is 1. The van der Waals surface area contributed by atoms with Crippen molar-refractivity contribution in [2.45, 2.75) is 39.5 Å². The zero-order valence-electron chi connectivity index (χ0n) is 16.0. The molecule has 28 heavy (non-hydrogen) atoms. The van der Waals surface area contributed by atoms with Crippen molar-refractivity contribution >= 4 is 27.2 Å². The monoisotopic (exact) mass is 394 g/mol. The summed E-state index contributed by atoms with van der Waals surface area (Å²) in [4.78, 5) is 22.5. The molecule has 1 aromatic carbocycles. The van der Waals surface area contributed by atoms with Crippen LogP contribution in [0.4, 0.5) is 0 Å². The molecule has 0 aliphatic heterocycles. The molecule has 1 N–H and O–H groups in total. The SMILES string of the molecule is CC(C)CCOc1ccc(-c2nc3c4c5c(sc4[nH]c(=O)n3n2)CCC5)cc1. The Hall–Kier alpha value is -2.67. The molecule has 0 saturated heterocycles. The Bertz CT molecular complexity index is 1220. The number of aromatic amines is 1. The summed E-state index contributed by atoms with van der Waals surface area (Å²) in [5.41, 5.74) is 2.62. The lowest BCUT2D eigenvalue weighted by Crippen LogP contribution is -2.17. The largest absolute Gasteiger partial charge is 0.494 e. The first kappa shape index (κ1) is 17.4. The summed E-state index contributed by atoms with van der Waals surface area (Å²) in [7, 11) is 0. The first-order chi connectivity index (χ1) is 13.6. The number of nitrogens with one attached hydrogen (secondary N) is 1. The van der Waals surface area contributed by atoms with E-state index < -0.39 is 0 Å². The highest BCUT2D eigenvalue weighted by molar-refractivity contribution is 7.19. The molecule has 7 heteroatoms. The Balaban J connectivity index is 1.52. The van der Waals surface area contributed by atoms with Gasteiger partial charge >= 0.3 is 5.69 Å². The van der Waals surface area contributed by atoms with Crippen LogP contribution in [0.3, 0.4) is 0 Å². The van der Waals surface area contributed by atoms with Crippen molar-refractivity contribution in [3.63, 3.8) is 0 Å². The maximum atomic E-state index is 12.5. The highest BCUT2D eigenvalue weighted by Gasteiger charge is 2.22. The second-order valence-electron chi connectivity index (χ2n) is 7.72. The highest BCUT2D eigenvalue weighted by atomic mass is 32.1. The summed E-state index contributed by atoms with van der Waals surface area (Å²) in [6.45, 7) is 5.08. The van der Waals surface area contributed by atoms with Crippen LogP contribution in [0.25, 0.3) is 27.3 Å². The van der Waals surface area contributed by atoms with Crippen LogP contribution in [0.1, 0.15) is 37.1 Å². The van der Waals surface area contributed by atoms with E-state index in [0.717, 1.165) is 40.8 Å². The minimum absolute atomic E-state index is 0.241. The van der Waals surface area contributed by atoms with Gasteiger partial charge in [-0.15, -0.1) is 16.4 Å². The molecule has 3 heterocycles. The Kier molecular flexibility index (Phi) is 4.19. The van der Waals surface area contributed by atoms with E-state index in [9.17, 15) is 4.79 Å². The fraction of sp³-hybridized carbons (Fsp3) is 0.381. The number of thiophene rings is 1. The fourth-order valence-electron chi connectivity index (χ4n) is 3.73. The molecule has 6 nitrogen and oxygen atoms in total. The van der Waals surface area contributed by atoms with Crippen LogP contribution in [0.5, 0.6) is 5.75 Å². The highest BCUT2D eigenvalue weighted by Crippen LogP contribution is 2.37. The van der Waals surface area contributed by atoms with Crippen LogP contribution in [-0.4, -0.2) is 26.2 Å². The molecular weight excluding hydrogens is 372 g/mol. The number of nitrogens with zero attached hydrogens (tertiary/aromatic N) is 3. The summed E-state index contributed by atoms with van der Waals surface area (Å²) in [6, 6.07) is 7.76. The second kappa shape index (κ2) is 6.74. The van der Waals surface area contributed by atoms with E-state index in [0.29, 0.717) is 24.0 Å². The van der Waals surface area contributed by atoms with Crippen LogP contribution in [-0.2, 0) is 12.8 Å². The van der Waals surface area contributed by atoms with Crippen LogP contribution in [0.15, 0.2) is 29.1 Å². The summed E-state index contributed by atoms with van der Waals surface area (Å²) >= 11 is 1.68. The van der Waals surface area contributed by atoms with Gasteiger partial charge in [0.1, 0.15) is 10.6 Å². The topological polar surface area (TPSA) is 72.3 Å². The van der Waals surface area contributed by atoms with Crippen LogP contribution in [0.2, 0.25) is 0 Å². The van der Waals surface area contributed by atoms with Gasteiger partial charge in [-0.1, -0.05) is 13.8 Å². The van der Waals surface area contributed by atoms with Crippen molar-refractivity contribution in [1.29, 1.82) is 0 Å². The molecule has 4 aromatic rings. The third-order valence-corrected chi connectivity index (χ3v) is 6.45. The lowest BCUT2D eigenvalue weighted by molar-refractivity contribution is 0.289. The Labute approximate surface area is 166 Å². The van der Waals surface area contributed by atoms with Gasteiger partial charge in [-0.05, 0) is 61.4 Å². The van der Waals surface area contributed by atoms with Gasteiger partial charge in [-0.25, -0.2) is 9.78 Å². The van der Waals surface area contributed by atoms with E-state index in [-0.39, 0.29) is 5.69 Å². The number of aryl methyl sites for hydroxylation is 2. The van der Waals surface area contributed by atoms with E-state index in [4.69, 9.17) is 9.72 Å². The zero-order valence-corrected chi connectivity index (χ0v) is 16.8. The van der Waals surface area contributed by atoms with Crippen molar-refractivity contribution in [2.24, 2.45) is 5.92 Å². The Morgan fingerprint density at radius 2 is 2.07 bits per heavy atom. The molecule has 0 fully saturated rings. The van der Waals surface area contributed by atoms with Gasteiger partial charge < -0.3 is 4.74 Å². The average molecular weight is 395 g/mol. The van der Waals surface area contributed by atoms with Gasteiger partial charge in [0.05, 0.1) is 12.0 Å². The maximum Gasteiger partial charge on any atom is 0.349 e. The first-order valence-electron chi connectivity index (χ1n) is 9.76. The summed E-state index contributed by atoms with van der Waals surface area (Å²) in [5, 5.41) is 5.54. The lowest BCUT2D eigenvalue weighted by Gasteiger charge is -2.08. The van der Waals surface area contributed by atoms with E-state index in [1.165, 1.54) is 21.4 Å². The van der Waals surface area contributed by atoms with Crippen LogP contribution < -0.4 is 10.4 Å². The summed E-state index contributed by atoms with van der Waals surface area (Å²) < 4.78 is 7.18. The first-order valence-corrected chi connectivity index (χ1v) is 10.6. The Morgan fingerprint density at radius 1 is 1.25 bits per heavy atom. The molecule has 3 aromatic heterocycles. The normalized spacial score (nSPS) is 13.7. The molecule has 0 radical (unpaired) electrons. The quantitative estimate of drug-likeness (QED) is 0.550. The molecule has 0 spiro atoms. The predicted octanol–water partition coefficient (Wildman–Crippen LogP) is 4.21. The maximum absolute atomic E-state index is 12.5. The average Bonchev–Trinajstić information content (AvgIpc) is 3.36. The number of hydrogen-bond donors (Lipinski definition) is 1.